The van der Waals surface area contributed by atoms with Crippen LogP contribution in [0.3, 0.4) is 0 Å². The highest BCUT2D eigenvalue weighted by Crippen LogP contribution is 2.37. The summed E-state index contributed by atoms with van der Waals surface area (Å²) in [6.45, 7) is 37.5. The van der Waals surface area contributed by atoms with Crippen LogP contribution in [-0.2, 0) is 23.1 Å². The van der Waals surface area contributed by atoms with E-state index in [1.54, 1.807) is 0 Å². The Morgan fingerprint density at radius 1 is 0.444 bits per heavy atom. The van der Waals surface area contributed by atoms with E-state index in [0.29, 0.717) is 0 Å². The number of allylic oxidation sites excluding steroid dienone is 4. The van der Waals surface area contributed by atoms with Crippen LogP contribution in [0.1, 0.15) is 67.7 Å². The molecule has 0 unspecified atom stereocenters. The molecule has 0 fully saturated rings. The Morgan fingerprint density at radius 3 is 0.856 bits per heavy atom. The van der Waals surface area contributed by atoms with Crippen LogP contribution in [0, 0.1) is 0 Å². The molecule has 4 aromatic carbocycles. The Bertz CT molecular complexity index is 2280. The second-order valence-corrected chi connectivity index (χ2v) is 15.7. The lowest BCUT2D eigenvalue weighted by Gasteiger charge is -2.27. The molecule has 0 spiro atoms. The monoisotopic (exact) mass is 1400 g/mol. The molecule has 4 aromatic rings. The van der Waals surface area contributed by atoms with Gasteiger partial charge in [-0.1, -0.05) is 35.1 Å². The van der Waals surface area contributed by atoms with E-state index in [-0.39, 0.29) is 97.6 Å². The Hall–Kier alpha value is -6.88. The molecule has 0 saturated carbocycles. The molecular weight excluding hydrogens is 1290 g/mol. The summed E-state index contributed by atoms with van der Waals surface area (Å²) in [5, 5.41) is 0. The second-order valence-electron chi connectivity index (χ2n) is 15.4. The van der Waals surface area contributed by atoms with Gasteiger partial charge >= 0.3 is 35.6 Å². The number of nitrogens with two attached hydrogens (primary N) is 1. The van der Waals surface area contributed by atoms with Gasteiger partial charge in [-0.15, -0.1) is 52.6 Å². The summed E-state index contributed by atoms with van der Waals surface area (Å²) in [7, 11) is 8.32. The lowest BCUT2D eigenvalue weighted by molar-refractivity contribution is -0.526. The molecule has 16 nitrogen and oxygen atoms in total. The summed E-state index contributed by atoms with van der Waals surface area (Å²) < 4.78 is 99.2. The largest absolute Gasteiger partial charge is 0.693 e. The van der Waals surface area contributed by atoms with Crippen molar-refractivity contribution in [3.05, 3.63) is 186 Å². The maximum atomic E-state index is 10.4. The average molecular weight is 1400 g/mol. The topological polar surface area (TPSA) is 271 Å². The van der Waals surface area contributed by atoms with Crippen molar-refractivity contribution in [1.82, 2.24) is 4.58 Å². The van der Waals surface area contributed by atoms with Crippen LogP contribution < -0.4 is 24.2 Å². The average Bonchev–Trinajstić information content (AvgIpc) is 3.39. The number of hydrogen-bond acceptors (Lipinski definition) is 8. The maximum Gasteiger partial charge on any atom is 0.386 e. The lowest BCUT2D eigenvalue weighted by atomic mass is 10.1. The maximum absolute atomic E-state index is 10.4. The van der Waals surface area contributed by atoms with Crippen LogP contribution in [0.2, 0.25) is 0 Å². The fraction of sp³-hybridized carbons (Fsp3) is 0.345. The van der Waals surface area contributed by atoms with Crippen LogP contribution >= 0.6 is 27.0 Å². The van der Waals surface area contributed by atoms with Gasteiger partial charge < -0.3 is 53.4 Å². The minimum Gasteiger partial charge on any atom is -0.693 e. The summed E-state index contributed by atoms with van der Waals surface area (Å²) >= 11 is -1.50. The predicted octanol–water partition coefficient (Wildman–Crippen LogP) is 14.8. The standard InChI is InChI=1S/C46H60N6.C2H3F3.4C2H4.CHF3N.CH4.6FH.H2N.2O2S.4H2O.2H2S/c1-9-33-49(34-10-2)39-17-25-43(26-18-39)52(44-27-19-40(20-28-44)50(35-11-3)36-12-4)46-31-29-45(30-32-46)51(41-21-13-37(14-22-41)47(5)6)42-23-15-38(16-24-42)48(7)8;1-2(3,4)5;4*1-2;2-1(3,4)5;;;;;;;;;2*1-3-2;;;;;;/h13-32H,9-12,33-36H2,1-8H3;1H3;4*1-2H2;5H;1H4;6*1H;1H2;;;6*1H2/q+2;;;;;;-1;;;;;;;;-1;;;;;;;;. The molecule has 1 aliphatic rings. The normalized spacial score (nSPS) is 8.84. The summed E-state index contributed by atoms with van der Waals surface area (Å²) in [6.07, 6.45) is 4.93. The first-order chi connectivity index (χ1) is 36.1. The number of hydrogen-bond donors (Lipinski definition) is 0. The van der Waals surface area contributed by atoms with Crippen LogP contribution in [0.15, 0.2) is 174 Å². The van der Waals surface area contributed by atoms with Crippen molar-refractivity contribution < 1.29 is 97.9 Å². The highest BCUT2D eigenvalue weighted by Gasteiger charge is 2.23. The number of alkyl halides is 6. The van der Waals surface area contributed by atoms with E-state index in [1.807, 2.05) is 0 Å². The third-order valence-corrected chi connectivity index (χ3v) is 9.53. The van der Waals surface area contributed by atoms with Crippen molar-refractivity contribution in [3.8, 4) is 0 Å². The Kier molecular flexibility index (Phi) is 115. The van der Waals surface area contributed by atoms with Gasteiger partial charge in [-0.2, -0.15) is 74.7 Å². The number of rotatable bonds is 16. The van der Waals surface area contributed by atoms with Crippen LogP contribution in [0.5, 0.6) is 0 Å². The lowest BCUT2D eigenvalue weighted by Crippen LogP contribution is -2.25. The number of anilines is 6. The summed E-state index contributed by atoms with van der Waals surface area (Å²) in [6, 6.07) is 35.7. The molecule has 90 heavy (non-hydrogen) atoms. The number of halogens is 12. The van der Waals surface area contributed by atoms with Gasteiger partial charge in [-0.05, 0) is 85.6 Å². The van der Waals surface area contributed by atoms with Gasteiger partial charge in [-0.3, -0.25) is 28.2 Å². The molecule has 1 aliphatic carbocycles. The number of nitrogens with zero attached hydrogens (tertiary/aromatic N) is 6. The van der Waals surface area contributed by atoms with E-state index in [4.69, 9.17) is 22.6 Å². The van der Waals surface area contributed by atoms with Gasteiger partial charge in [0.15, 0.2) is 5.71 Å². The highest BCUT2D eigenvalue weighted by atomic mass is 32.1. The zero-order valence-corrected chi connectivity index (χ0v) is 55.4. The van der Waals surface area contributed by atoms with Crippen LogP contribution in [0.4, 0.5) is 100 Å². The van der Waals surface area contributed by atoms with Crippen molar-refractivity contribution >= 4 is 107 Å². The molecule has 0 heterocycles. The van der Waals surface area contributed by atoms with Crippen molar-refractivity contribution in [2.45, 2.75) is 80.2 Å². The smallest absolute Gasteiger partial charge is 0.386 e. The molecule has 0 radical (unpaired) electrons. The van der Waals surface area contributed by atoms with Gasteiger partial charge in [-0.25, -0.2) is 4.58 Å². The first-order valence-corrected chi connectivity index (χ1v) is 25.1. The van der Waals surface area contributed by atoms with E-state index in [2.05, 4.69) is 259 Å². The summed E-state index contributed by atoms with van der Waals surface area (Å²) in [4.78, 5) is 9.11. The molecule has 32 heteroatoms. The first-order valence-electron chi connectivity index (χ1n) is 23.8. The quantitative estimate of drug-likeness (QED) is 0.0341. The number of nitrogens with one attached hydrogen (secondary N) is 1. The molecule has 0 saturated heterocycles. The minimum atomic E-state index is -4.75. The Morgan fingerprint density at radius 2 is 0.644 bits per heavy atom. The molecule has 0 bridgehead atoms. The van der Waals surface area contributed by atoms with Crippen LogP contribution in [0.25, 0.3) is 11.9 Å². The van der Waals surface area contributed by atoms with Crippen molar-refractivity contribution in [1.29, 1.82) is 0 Å². The third-order valence-electron chi connectivity index (χ3n) is 9.53. The van der Waals surface area contributed by atoms with Gasteiger partial charge in [0.25, 0.3) is 0 Å². The molecule has 532 valence electrons. The van der Waals surface area contributed by atoms with E-state index in [0.717, 1.165) is 86.0 Å². The molecule has 0 atom stereocenters. The van der Waals surface area contributed by atoms with Gasteiger partial charge in [0, 0.05) is 144 Å². The molecule has 11 N–H and O–H groups in total. The second kappa shape index (κ2) is 78.2. The highest BCUT2D eigenvalue weighted by molar-refractivity contribution is 7.59. The summed E-state index contributed by atoms with van der Waals surface area (Å²) in [5.41, 5.74) is 16.6. The molecule has 5 rings (SSSR count). The fourth-order valence-electron chi connectivity index (χ4n) is 6.89. The van der Waals surface area contributed by atoms with Gasteiger partial charge in [0.2, 0.25) is 17.1 Å². The first kappa shape index (κ1) is 132. The van der Waals surface area contributed by atoms with E-state index >= 15 is 0 Å². The van der Waals surface area contributed by atoms with Crippen molar-refractivity contribution in [2.24, 2.45) is 0 Å². The van der Waals surface area contributed by atoms with Crippen LogP contribution in [-0.4, -0.2) is 122 Å². The number of benzene rings is 4. The van der Waals surface area contributed by atoms with Gasteiger partial charge in [0.1, 0.15) is 13.1 Å². The Labute approximate surface area is 547 Å². The predicted molar refractivity (Wildman–Crippen MR) is 377 cm³/mol. The molecule has 0 amide bonds. The van der Waals surface area contributed by atoms with Crippen molar-refractivity contribution in [3.63, 3.8) is 0 Å². The zero-order valence-electron chi connectivity index (χ0n) is 51.8. The van der Waals surface area contributed by atoms with Gasteiger partial charge in [0.05, 0.1) is 0 Å². The van der Waals surface area contributed by atoms with E-state index < -0.39 is 35.6 Å². The zero-order chi connectivity index (χ0) is 59.5. The fourth-order valence-corrected chi connectivity index (χ4v) is 6.89. The van der Waals surface area contributed by atoms with E-state index in [9.17, 15) is 26.3 Å². The SMILES string of the molecule is C.C=C.C=C.C=C.C=C.CC(F)(F)F.CCCN(CCC)c1ccc([N+](=C2C=CC(=[N+](CCC)CCC)C=C2)c2ccc(N(c3ccc(N(C)C)cc3)c3ccc(N(C)C)cc3)cc2)cc1.F.F.F.F.F.F.O.O.O.O.O=S=O.O=S=O.S.S.[NH-]C(F)(F)F.[NH2-]. The third kappa shape index (κ3) is 57.6. The molecular formula is C58H104F12N8O8S4. The summed E-state index contributed by atoms with van der Waals surface area (Å²) in [5.74, 6) is 0. The Balaban J connectivity index is -0.0000000747. The van der Waals surface area contributed by atoms with E-state index in [1.165, 1.54) is 22.8 Å². The van der Waals surface area contributed by atoms with Crippen molar-refractivity contribution in [2.75, 3.05) is 74.0 Å². The molecule has 0 aliphatic heterocycles. The molecule has 0 aromatic heterocycles. The minimum absolute atomic E-state index is 0.